The van der Waals surface area contributed by atoms with E-state index >= 15 is 0 Å². The molecule has 5 heteroatoms. The van der Waals surface area contributed by atoms with Crippen LogP contribution >= 0.6 is 0 Å². The number of carbonyl (C=O) groups is 1. The van der Waals surface area contributed by atoms with Crippen molar-refractivity contribution in [2.45, 2.75) is 25.9 Å². The maximum atomic E-state index is 12.3. The topological polar surface area (TPSA) is 66.9 Å². The van der Waals surface area contributed by atoms with Crippen LogP contribution in [0.5, 0.6) is 0 Å². The molecule has 0 aliphatic carbocycles. The molecule has 0 radical (unpaired) electrons. The van der Waals surface area contributed by atoms with Crippen molar-refractivity contribution >= 4 is 11.6 Å². The van der Waals surface area contributed by atoms with Gasteiger partial charge in [-0.05, 0) is 43.7 Å². The molecule has 1 amide bonds. The second-order valence-electron chi connectivity index (χ2n) is 6.52. The van der Waals surface area contributed by atoms with Gasteiger partial charge in [-0.15, -0.1) is 0 Å². The van der Waals surface area contributed by atoms with E-state index in [1.807, 2.05) is 54.7 Å². The molecule has 1 aliphatic heterocycles. The van der Waals surface area contributed by atoms with Crippen molar-refractivity contribution in [3.63, 3.8) is 0 Å². The van der Waals surface area contributed by atoms with Crippen LogP contribution in [0.4, 0.5) is 5.69 Å². The van der Waals surface area contributed by atoms with Gasteiger partial charge in [0, 0.05) is 40.8 Å². The minimum absolute atomic E-state index is 0.108. The molecule has 3 heterocycles. The monoisotopic (exact) mass is 344 g/mol. The summed E-state index contributed by atoms with van der Waals surface area (Å²) in [4.78, 5) is 21.1. The van der Waals surface area contributed by atoms with Crippen molar-refractivity contribution in [2.24, 2.45) is 0 Å². The number of nitrogens with one attached hydrogen (secondary N) is 2. The molecule has 1 atom stereocenters. The average molecular weight is 344 g/mol. The third kappa shape index (κ3) is 3.28. The van der Waals surface area contributed by atoms with Gasteiger partial charge < -0.3 is 10.6 Å². The van der Waals surface area contributed by atoms with E-state index in [1.54, 1.807) is 6.20 Å². The van der Waals surface area contributed by atoms with Gasteiger partial charge in [0.15, 0.2) is 0 Å². The summed E-state index contributed by atoms with van der Waals surface area (Å²) in [6.07, 6.45) is 4.51. The van der Waals surface area contributed by atoms with Crippen LogP contribution in [-0.2, 0) is 13.0 Å². The molecule has 0 saturated carbocycles. The Hall–Kier alpha value is -3.21. The maximum Gasteiger partial charge on any atom is 0.251 e. The lowest BCUT2D eigenvalue weighted by Crippen LogP contribution is -2.23. The number of benzene rings is 1. The Bertz CT molecular complexity index is 923. The van der Waals surface area contributed by atoms with E-state index in [4.69, 9.17) is 0 Å². The highest BCUT2D eigenvalue weighted by molar-refractivity contribution is 5.94. The van der Waals surface area contributed by atoms with E-state index in [-0.39, 0.29) is 5.91 Å². The second-order valence-corrected chi connectivity index (χ2v) is 6.52. The summed E-state index contributed by atoms with van der Waals surface area (Å²) in [6.45, 7) is 2.58. The Morgan fingerprint density at radius 3 is 2.73 bits per heavy atom. The van der Waals surface area contributed by atoms with Gasteiger partial charge in [0.2, 0.25) is 0 Å². The highest BCUT2D eigenvalue weighted by Crippen LogP contribution is 2.33. The van der Waals surface area contributed by atoms with Crippen LogP contribution in [0, 0.1) is 0 Å². The van der Waals surface area contributed by atoms with Crippen LogP contribution in [0.1, 0.15) is 28.5 Å². The van der Waals surface area contributed by atoms with Crippen molar-refractivity contribution in [1.29, 1.82) is 0 Å². The van der Waals surface area contributed by atoms with Crippen molar-refractivity contribution in [2.75, 3.05) is 5.32 Å². The van der Waals surface area contributed by atoms with Crippen LogP contribution in [0.25, 0.3) is 11.3 Å². The Morgan fingerprint density at radius 1 is 1.12 bits per heavy atom. The summed E-state index contributed by atoms with van der Waals surface area (Å²) in [7, 11) is 0. The van der Waals surface area contributed by atoms with Gasteiger partial charge in [0.25, 0.3) is 5.91 Å². The lowest BCUT2D eigenvalue weighted by molar-refractivity contribution is 0.0950. The van der Waals surface area contributed by atoms with Crippen LogP contribution in [0.2, 0.25) is 0 Å². The molecule has 2 N–H and O–H groups in total. The van der Waals surface area contributed by atoms with Crippen molar-refractivity contribution in [3.8, 4) is 11.3 Å². The molecular weight excluding hydrogens is 324 g/mol. The number of nitrogens with zero attached hydrogens (tertiary/aromatic N) is 2. The first-order valence-electron chi connectivity index (χ1n) is 8.73. The number of hydrogen-bond donors (Lipinski definition) is 2. The van der Waals surface area contributed by atoms with E-state index in [1.165, 1.54) is 5.56 Å². The number of aromatic nitrogens is 2. The molecule has 4 rings (SSSR count). The number of rotatable bonds is 4. The number of hydrogen-bond acceptors (Lipinski definition) is 4. The summed E-state index contributed by atoms with van der Waals surface area (Å²) >= 11 is 0. The van der Waals surface area contributed by atoms with E-state index < -0.39 is 0 Å². The maximum absolute atomic E-state index is 12.3. The van der Waals surface area contributed by atoms with Gasteiger partial charge in [0.1, 0.15) is 0 Å². The molecule has 5 nitrogen and oxygen atoms in total. The third-order valence-corrected chi connectivity index (χ3v) is 4.54. The smallest absolute Gasteiger partial charge is 0.251 e. The van der Waals surface area contributed by atoms with Crippen molar-refractivity contribution in [1.82, 2.24) is 15.3 Å². The second kappa shape index (κ2) is 6.96. The highest BCUT2D eigenvalue weighted by Gasteiger charge is 2.21. The predicted molar refractivity (Wildman–Crippen MR) is 102 cm³/mol. The summed E-state index contributed by atoms with van der Waals surface area (Å²) < 4.78 is 0. The lowest BCUT2D eigenvalue weighted by atomic mass is 10.0. The zero-order valence-electron chi connectivity index (χ0n) is 14.6. The van der Waals surface area contributed by atoms with Crippen molar-refractivity contribution < 1.29 is 4.79 Å². The Kier molecular flexibility index (Phi) is 4.35. The fourth-order valence-electron chi connectivity index (χ4n) is 3.26. The molecule has 0 fully saturated rings. The Morgan fingerprint density at radius 2 is 1.96 bits per heavy atom. The van der Waals surface area contributed by atoms with Crippen molar-refractivity contribution in [3.05, 3.63) is 77.7 Å². The quantitative estimate of drug-likeness (QED) is 0.761. The third-order valence-electron chi connectivity index (χ3n) is 4.54. The van der Waals surface area contributed by atoms with Crippen LogP contribution < -0.4 is 10.6 Å². The lowest BCUT2D eigenvalue weighted by Gasteiger charge is -2.08. The molecular formula is C21H20N4O. The molecule has 1 aromatic carbocycles. The number of pyridine rings is 2. The number of amides is 1. The van der Waals surface area contributed by atoms with Gasteiger partial charge in [0.05, 0.1) is 17.9 Å². The normalized spacial score (nSPS) is 15.2. The van der Waals surface area contributed by atoms with Gasteiger partial charge in [-0.3, -0.25) is 14.8 Å². The molecule has 26 heavy (non-hydrogen) atoms. The number of fused-ring (bicyclic) bond motifs is 1. The molecule has 0 saturated heterocycles. The zero-order chi connectivity index (χ0) is 17.9. The average Bonchev–Trinajstić information content (AvgIpc) is 3.07. The minimum Gasteiger partial charge on any atom is -0.382 e. The molecule has 2 aromatic heterocycles. The summed E-state index contributed by atoms with van der Waals surface area (Å²) in [5, 5.41) is 6.35. The van der Waals surface area contributed by atoms with Crippen LogP contribution in [0.3, 0.4) is 0 Å². The zero-order valence-corrected chi connectivity index (χ0v) is 14.6. The molecule has 3 aromatic rings. The largest absolute Gasteiger partial charge is 0.382 e. The summed E-state index contributed by atoms with van der Waals surface area (Å²) in [5.74, 6) is -0.108. The summed E-state index contributed by atoms with van der Waals surface area (Å²) in [5.41, 5.74) is 5.87. The van der Waals surface area contributed by atoms with E-state index in [2.05, 4.69) is 27.5 Å². The van der Waals surface area contributed by atoms with Crippen LogP contribution in [-0.4, -0.2) is 21.9 Å². The van der Waals surface area contributed by atoms with Gasteiger partial charge in [-0.2, -0.15) is 0 Å². The Balaban J connectivity index is 1.49. The predicted octanol–water partition coefficient (Wildman–Crippen LogP) is 3.43. The molecule has 130 valence electrons. The first-order valence-corrected chi connectivity index (χ1v) is 8.73. The van der Waals surface area contributed by atoms with E-state index in [0.717, 1.165) is 29.1 Å². The molecule has 0 spiro atoms. The fraction of sp³-hybridized carbons (Fsp3) is 0.190. The van der Waals surface area contributed by atoms with Crippen LogP contribution in [0.15, 0.2) is 60.9 Å². The highest BCUT2D eigenvalue weighted by atomic mass is 16.1. The van der Waals surface area contributed by atoms with Gasteiger partial charge >= 0.3 is 0 Å². The van der Waals surface area contributed by atoms with E-state index in [0.29, 0.717) is 18.2 Å². The first-order chi connectivity index (χ1) is 12.7. The Labute approximate surface area is 152 Å². The van der Waals surface area contributed by atoms with E-state index in [9.17, 15) is 4.79 Å². The molecule has 0 bridgehead atoms. The molecule has 1 unspecified atom stereocenters. The molecule has 1 aliphatic rings. The summed E-state index contributed by atoms with van der Waals surface area (Å²) in [6, 6.07) is 15.7. The number of anilines is 1. The fourth-order valence-corrected chi connectivity index (χ4v) is 3.26. The SMILES string of the molecule is CC1Cc2c(ccnc2-c2ccc(C(=O)NCc3ccccn3)cc2)N1. The van der Waals surface area contributed by atoms with Gasteiger partial charge in [-0.25, -0.2) is 0 Å². The standard InChI is InChI=1S/C21H20N4O/c1-14-12-18-19(25-14)9-11-23-20(18)15-5-7-16(8-6-15)21(26)24-13-17-4-2-3-10-22-17/h2-11,14,25H,12-13H2,1H3,(H,24,26). The minimum atomic E-state index is -0.108. The number of carbonyl (C=O) groups excluding carboxylic acids is 1. The first kappa shape index (κ1) is 16.3. The van der Waals surface area contributed by atoms with Gasteiger partial charge in [-0.1, -0.05) is 18.2 Å².